The minimum Gasteiger partial charge on any atom is -0.389 e. The third-order valence-electron chi connectivity index (χ3n) is 9.40. The highest BCUT2D eigenvalue weighted by molar-refractivity contribution is 5.24. The van der Waals surface area contributed by atoms with Crippen LogP contribution >= 0.6 is 0 Å². The standard InChI is InChI=1S/C28H46O/c1-19(2)20(3)10-11-21(4)24-12-13-25-23(9-8-16-28(24,25)7)14-17-27(6)18-15-26(29)22(27)5/h10-11,14,19-21,24-26,29H,5,8-9,12-13,15-18H2,1-4,6-7H3. The zero-order valence-corrected chi connectivity index (χ0v) is 20.0. The SMILES string of the molecule is C=C1C(O)CCC1(C)CC=C1CCCC2(C)C1CCC2C(C)C=CC(C)C(C)C. The molecule has 3 rings (SSSR count). The van der Waals surface area contributed by atoms with Gasteiger partial charge in [0.05, 0.1) is 6.10 Å². The Bertz CT molecular complexity index is 655. The van der Waals surface area contributed by atoms with Gasteiger partial charge < -0.3 is 5.11 Å². The first-order valence-corrected chi connectivity index (χ1v) is 12.3. The van der Waals surface area contributed by atoms with Crippen LogP contribution in [0.2, 0.25) is 0 Å². The Labute approximate surface area is 180 Å². The highest BCUT2D eigenvalue weighted by Crippen LogP contribution is 2.60. The summed E-state index contributed by atoms with van der Waals surface area (Å²) in [6.45, 7) is 18.6. The molecule has 3 fully saturated rings. The molecular formula is C28H46O. The molecule has 0 aliphatic heterocycles. The van der Waals surface area contributed by atoms with Gasteiger partial charge in [-0.2, -0.15) is 0 Å². The van der Waals surface area contributed by atoms with Crippen LogP contribution in [0.15, 0.2) is 36.0 Å². The van der Waals surface area contributed by atoms with Gasteiger partial charge in [0.15, 0.2) is 0 Å². The second-order valence-electron chi connectivity index (χ2n) is 11.6. The molecule has 0 radical (unpaired) electrons. The van der Waals surface area contributed by atoms with Gasteiger partial charge in [0.1, 0.15) is 0 Å². The van der Waals surface area contributed by atoms with Crippen LogP contribution in [0.1, 0.15) is 92.9 Å². The van der Waals surface area contributed by atoms with Crippen LogP contribution in [-0.2, 0) is 0 Å². The third-order valence-corrected chi connectivity index (χ3v) is 9.40. The predicted octanol–water partition coefficient (Wildman–Crippen LogP) is 7.72. The molecule has 0 amide bonds. The largest absolute Gasteiger partial charge is 0.389 e. The Morgan fingerprint density at radius 3 is 2.41 bits per heavy atom. The predicted molar refractivity (Wildman–Crippen MR) is 126 cm³/mol. The van der Waals surface area contributed by atoms with Crippen LogP contribution in [0.5, 0.6) is 0 Å². The summed E-state index contributed by atoms with van der Waals surface area (Å²) in [5.74, 6) is 3.64. The maximum absolute atomic E-state index is 10.2. The van der Waals surface area contributed by atoms with Crippen LogP contribution in [0, 0.1) is 40.4 Å². The first kappa shape index (κ1) is 22.9. The van der Waals surface area contributed by atoms with E-state index in [2.05, 4.69) is 66.3 Å². The van der Waals surface area contributed by atoms with Gasteiger partial charge in [-0.3, -0.25) is 0 Å². The lowest BCUT2D eigenvalue weighted by molar-refractivity contribution is 0.111. The molecule has 7 atom stereocenters. The number of fused-ring (bicyclic) bond motifs is 1. The van der Waals surface area contributed by atoms with Crippen LogP contribution in [0.3, 0.4) is 0 Å². The lowest BCUT2D eigenvalue weighted by atomic mass is 9.61. The van der Waals surface area contributed by atoms with E-state index in [9.17, 15) is 5.11 Å². The summed E-state index contributed by atoms with van der Waals surface area (Å²) >= 11 is 0. The zero-order valence-electron chi connectivity index (χ0n) is 20.0. The van der Waals surface area contributed by atoms with Crippen LogP contribution in [-0.4, -0.2) is 11.2 Å². The van der Waals surface area contributed by atoms with Crippen LogP contribution < -0.4 is 0 Å². The number of aliphatic hydroxyl groups excluding tert-OH is 1. The fourth-order valence-corrected chi connectivity index (χ4v) is 6.68. The average Bonchev–Trinajstić information content (AvgIpc) is 3.16. The maximum atomic E-state index is 10.2. The van der Waals surface area contributed by atoms with Crippen molar-refractivity contribution in [3.05, 3.63) is 36.0 Å². The summed E-state index contributed by atoms with van der Waals surface area (Å²) in [5, 5.41) is 10.2. The van der Waals surface area contributed by atoms with Crippen molar-refractivity contribution < 1.29 is 5.11 Å². The van der Waals surface area contributed by atoms with Gasteiger partial charge >= 0.3 is 0 Å². The molecule has 0 aromatic rings. The molecule has 0 heterocycles. The van der Waals surface area contributed by atoms with Gasteiger partial charge in [-0.05, 0) is 97.4 Å². The van der Waals surface area contributed by atoms with Crippen LogP contribution in [0.4, 0.5) is 0 Å². The molecule has 3 aliphatic rings. The van der Waals surface area contributed by atoms with Crippen molar-refractivity contribution in [2.45, 2.75) is 99.0 Å². The molecule has 1 nitrogen and oxygen atoms in total. The van der Waals surface area contributed by atoms with E-state index in [4.69, 9.17) is 0 Å². The minimum atomic E-state index is -0.285. The molecule has 0 aromatic carbocycles. The molecule has 0 aromatic heterocycles. The summed E-state index contributed by atoms with van der Waals surface area (Å²) < 4.78 is 0. The summed E-state index contributed by atoms with van der Waals surface area (Å²) in [6.07, 6.45) is 17.1. The van der Waals surface area contributed by atoms with Crippen molar-refractivity contribution in [1.29, 1.82) is 0 Å². The van der Waals surface area contributed by atoms with E-state index < -0.39 is 0 Å². The first-order chi connectivity index (χ1) is 13.6. The Kier molecular flexibility index (Phi) is 6.88. The number of hydrogen-bond acceptors (Lipinski definition) is 1. The molecule has 1 heteroatoms. The van der Waals surface area contributed by atoms with Gasteiger partial charge in [-0.1, -0.05) is 71.9 Å². The number of rotatable bonds is 6. The number of allylic oxidation sites excluding steroid dienone is 4. The Hall–Kier alpha value is -0.820. The second kappa shape index (κ2) is 8.74. The Morgan fingerprint density at radius 2 is 1.79 bits per heavy atom. The molecule has 7 unspecified atom stereocenters. The molecular weight excluding hydrogens is 352 g/mol. The fraction of sp³-hybridized carbons (Fsp3) is 0.786. The molecule has 1 N–H and O–H groups in total. The van der Waals surface area contributed by atoms with E-state index in [1.807, 2.05) is 0 Å². The lowest BCUT2D eigenvalue weighted by Gasteiger charge is -2.44. The fourth-order valence-electron chi connectivity index (χ4n) is 6.68. The van der Waals surface area contributed by atoms with Crippen LogP contribution in [0.25, 0.3) is 0 Å². The van der Waals surface area contributed by atoms with E-state index in [-0.39, 0.29) is 11.5 Å². The maximum Gasteiger partial charge on any atom is 0.0753 e. The van der Waals surface area contributed by atoms with Gasteiger partial charge in [0, 0.05) is 0 Å². The highest BCUT2D eigenvalue weighted by Gasteiger charge is 2.50. The number of aliphatic hydroxyl groups is 1. The van der Waals surface area contributed by atoms with E-state index in [0.717, 1.165) is 42.6 Å². The van der Waals surface area contributed by atoms with Gasteiger partial charge in [-0.15, -0.1) is 0 Å². The van der Waals surface area contributed by atoms with Gasteiger partial charge in [0.2, 0.25) is 0 Å². The van der Waals surface area contributed by atoms with E-state index in [0.29, 0.717) is 17.3 Å². The number of hydrogen-bond donors (Lipinski definition) is 1. The highest BCUT2D eigenvalue weighted by atomic mass is 16.3. The summed E-state index contributed by atoms with van der Waals surface area (Å²) in [6, 6.07) is 0. The Balaban J connectivity index is 1.72. The molecule has 0 spiro atoms. The minimum absolute atomic E-state index is 0.0985. The van der Waals surface area contributed by atoms with Crippen molar-refractivity contribution in [2.24, 2.45) is 40.4 Å². The summed E-state index contributed by atoms with van der Waals surface area (Å²) in [7, 11) is 0. The van der Waals surface area contributed by atoms with Crippen molar-refractivity contribution in [1.82, 2.24) is 0 Å². The topological polar surface area (TPSA) is 20.2 Å². The molecule has 0 saturated heterocycles. The van der Waals surface area contributed by atoms with Crippen molar-refractivity contribution in [2.75, 3.05) is 0 Å². The average molecular weight is 399 g/mol. The second-order valence-corrected chi connectivity index (χ2v) is 11.6. The summed E-state index contributed by atoms with van der Waals surface area (Å²) in [4.78, 5) is 0. The monoisotopic (exact) mass is 398 g/mol. The summed E-state index contributed by atoms with van der Waals surface area (Å²) in [5.41, 5.74) is 3.35. The molecule has 3 saturated carbocycles. The van der Waals surface area contributed by atoms with Crippen molar-refractivity contribution >= 4 is 0 Å². The van der Waals surface area contributed by atoms with E-state index >= 15 is 0 Å². The van der Waals surface area contributed by atoms with Crippen molar-refractivity contribution in [3.8, 4) is 0 Å². The molecule has 29 heavy (non-hydrogen) atoms. The van der Waals surface area contributed by atoms with E-state index in [1.54, 1.807) is 5.57 Å². The molecule has 0 bridgehead atoms. The quantitative estimate of drug-likeness (QED) is 0.454. The van der Waals surface area contributed by atoms with Gasteiger partial charge in [-0.25, -0.2) is 0 Å². The molecule has 164 valence electrons. The molecule has 3 aliphatic carbocycles. The third kappa shape index (κ3) is 4.46. The van der Waals surface area contributed by atoms with E-state index in [1.165, 1.54) is 32.1 Å². The normalized spacial score (nSPS) is 41.4. The lowest BCUT2D eigenvalue weighted by Crippen LogP contribution is -2.35. The van der Waals surface area contributed by atoms with Gasteiger partial charge in [0.25, 0.3) is 0 Å². The van der Waals surface area contributed by atoms with Crippen molar-refractivity contribution in [3.63, 3.8) is 0 Å². The zero-order chi connectivity index (χ0) is 21.4. The first-order valence-electron chi connectivity index (χ1n) is 12.3. The Morgan fingerprint density at radius 1 is 1.07 bits per heavy atom. The smallest absolute Gasteiger partial charge is 0.0753 e.